The Balaban J connectivity index is 1.45. The summed E-state index contributed by atoms with van der Waals surface area (Å²) in [5.41, 5.74) is 0. The molecule has 0 aromatic heterocycles. The fraction of sp³-hybridized carbons (Fsp3) is 0.875. The van der Waals surface area contributed by atoms with Crippen molar-refractivity contribution in [3.8, 4) is 0 Å². The summed E-state index contributed by atoms with van der Waals surface area (Å²) in [6, 6.07) is 1.68. The first kappa shape index (κ1) is 10.6. The maximum atomic E-state index is 4.05. The molecule has 4 saturated carbocycles. The smallest absolute Gasteiger partial charge is 0.0127 e. The van der Waals surface area contributed by atoms with Crippen LogP contribution < -0.4 is 5.32 Å². The van der Waals surface area contributed by atoms with E-state index in [1.165, 1.54) is 19.3 Å². The Morgan fingerprint density at radius 3 is 2.12 bits per heavy atom. The lowest BCUT2D eigenvalue weighted by atomic mass is 9.54. The van der Waals surface area contributed by atoms with Gasteiger partial charge in [-0.1, -0.05) is 12.2 Å². The second-order valence-corrected chi connectivity index (χ2v) is 7.10. The molecule has 17 heavy (non-hydrogen) atoms. The van der Waals surface area contributed by atoms with Crippen molar-refractivity contribution in [3.05, 3.63) is 12.2 Å². The summed E-state index contributed by atoms with van der Waals surface area (Å²) in [5.74, 6) is 4.30. The van der Waals surface area contributed by atoms with Gasteiger partial charge in [-0.2, -0.15) is 0 Å². The lowest BCUT2D eigenvalue weighted by Crippen LogP contribution is -2.56. The van der Waals surface area contributed by atoms with E-state index in [9.17, 15) is 0 Å². The van der Waals surface area contributed by atoms with Crippen LogP contribution in [0.4, 0.5) is 0 Å². The Labute approximate surface area is 105 Å². The fourth-order valence-electron chi connectivity index (χ4n) is 5.41. The van der Waals surface area contributed by atoms with Crippen molar-refractivity contribution in [3.63, 3.8) is 0 Å². The molecule has 5 rings (SSSR count). The number of rotatable bonds is 2. The van der Waals surface area contributed by atoms with Gasteiger partial charge < -0.3 is 5.32 Å². The number of hydrogen-bond acceptors (Lipinski definition) is 1. The van der Waals surface area contributed by atoms with Crippen LogP contribution in [0.1, 0.15) is 51.4 Å². The number of nitrogens with one attached hydrogen (secondary N) is 1. The van der Waals surface area contributed by atoms with Gasteiger partial charge in [0, 0.05) is 12.1 Å². The van der Waals surface area contributed by atoms with E-state index in [0.717, 1.165) is 35.8 Å². The molecule has 0 aromatic carbocycles. The van der Waals surface area contributed by atoms with Crippen molar-refractivity contribution in [1.29, 1.82) is 0 Å². The summed E-state index contributed by atoms with van der Waals surface area (Å²) in [6.45, 7) is 0. The van der Waals surface area contributed by atoms with Crippen LogP contribution in [0.5, 0.6) is 0 Å². The van der Waals surface area contributed by atoms with Gasteiger partial charge in [-0.3, -0.25) is 0 Å². The van der Waals surface area contributed by atoms with E-state index < -0.39 is 0 Å². The molecule has 94 valence electrons. The van der Waals surface area contributed by atoms with Crippen molar-refractivity contribution >= 4 is 0 Å². The molecule has 0 amide bonds. The summed E-state index contributed by atoms with van der Waals surface area (Å²) in [4.78, 5) is 0. The normalized spacial score (nSPS) is 52.0. The lowest BCUT2D eigenvalue weighted by Gasteiger charge is -2.55. The molecule has 0 aliphatic heterocycles. The Morgan fingerprint density at radius 2 is 1.53 bits per heavy atom. The molecule has 5 aliphatic carbocycles. The Kier molecular flexibility index (Phi) is 2.57. The first-order chi connectivity index (χ1) is 8.38. The molecule has 0 aromatic rings. The molecule has 0 heterocycles. The highest BCUT2D eigenvalue weighted by Crippen LogP contribution is 2.53. The van der Waals surface area contributed by atoms with Crippen molar-refractivity contribution in [2.45, 2.75) is 63.5 Å². The van der Waals surface area contributed by atoms with E-state index in [1.54, 1.807) is 32.1 Å². The van der Waals surface area contributed by atoms with Gasteiger partial charge in [0.25, 0.3) is 0 Å². The summed E-state index contributed by atoms with van der Waals surface area (Å²) in [5, 5.41) is 4.05. The topological polar surface area (TPSA) is 12.0 Å². The minimum atomic E-state index is 0.794. The zero-order chi connectivity index (χ0) is 11.2. The van der Waals surface area contributed by atoms with E-state index in [4.69, 9.17) is 0 Å². The summed E-state index contributed by atoms with van der Waals surface area (Å²) >= 11 is 0. The van der Waals surface area contributed by atoms with Crippen LogP contribution in [-0.2, 0) is 0 Å². The van der Waals surface area contributed by atoms with Crippen LogP contribution in [0.3, 0.4) is 0 Å². The molecule has 1 heteroatoms. The van der Waals surface area contributed by atoms with Gasteiger partial charge in [0.1, 0.15) is 0 Å². The van der Waals surface area contributed by atoms with E-state index >= 15 is 0 Å². The maximum absolute atomic E-state index is 4.05. The third-order valence-electron chi connectivity index (χ3n) is 5.92. The van der Waals surface area contributed by atoms with Gasteiger partial charge in [0.15, 0.2) is 0 Å². The second-order valence-electron chi connectivity index (χ2n) is 7.10. The molecule has 1 unspecified atom stereocenters. The molecule has 4 fully saturated rings. The first-order valence-corrected chi connectivity index (χ1v) is 7.79. The Bertz CT molecular complexity index is 291. The van der Waals surface area contributed by atoms with Gasteiger partial charge in [-0.05, 0) is 75.0 Å². The summed E-state index contributed by atoms with van der Waals surface area (Å²) in [7, 11) is 0. The molecule has 1 nitrogen and oxygen atoms in total. The van der Waals surface area contributed by atoms with Gasteiger partial charge in [-0.15, -0.1) is 0 Å². The van der Waals surface area contributed by atoms with Gasteiger partial charge in [0.2, 0.25) is 0 Å². The minimum absolute atomic E-state index is 0.794. The van der Waals surface area contributed by atoms with Crippen molar-refractivity contribution in [1.82, 2.24) is 5.32 Å². The molecular weight excluding hydrogens is 206 g/mol. The fourth-order valence-corrected chi connectivity index (χ4v) is 5.41. The van der Waals surface area contributed by atoms with E-state index in [1.807, 2.05) is 0 Å². The minimum Gasteiger partial charge on any atom is -0.310 e. The zero-order valence-electron chi connectivity index (χ0n) is 10.8. The number of allylic oxidation sites excluding steroid dienone is 1. The van der Waals surface area contributed by atoms with Crippen LogP contribution >= 0.6 is 0 Å². The monoisotopic (exact) mass is 231 g/mol. The predicted molar refractivity (Wildman–Crippen MR) is 70.7 cm³/mol. The molecule has 5 aliphatic rings. The van der Waals surface area contributed by atoms with Crippen LogP contribution in [0.15, 0.2) is 12.2 Å². The third-order valence-corrected chi connectivity index (χ3v) is 5.92. The number of hydrogen-bond donors (Lipinski definition) is 1. The predicted octanol–water partition coefficient (Wildman–Crippen LogP) is 3.51. The summed E-state index contributed by atoms with van der Waals surface area (Å²) < 4.78 is 0. The van der Waals surface area contributed by atoms with E-state index in [0.29, 0.717) is 0 Å². The zero-order valence-corrected chi connectivity index (χ0v) is 10.8. The average Bonchev–Trinajstić information content (AvgIpc) is 2.34. The van der Waals surface area contributed by atoms with Gasteiger partial charge in [0.05, 0.1) is 0 Å². The Hall–Kier alpha value is -0.300. The molecule has 1 N–H and O–H groups in total. The second kappa shape index (κ2) is 4.12. The molecule has 4 bridgehead atoms. The highest BCUT2D eigenvalue weighted by molar-refractivity contribution is 5.03. The van der Waals surface area contributed by atoms with E-state index in [2.05, 4.69) is 17.5 Å². The van der Waals surface area contributed by atoms with Crippen LogP contribution in [-0.4, -0.2) is 12.1 Å². The van der Waals surface area contributed by atoms with Crippen LogP contribution in [0.2, 0.25) is 0 Å². The highest BCUT2D eigenvalue weighted by Gasteiger charge is 2.48. The third kappa shape index (κ3) is 1.87. The summed E-state index contributed by atoms with van der Waals surface area (Å²) in [6.07, 6.45) is 16.5. The molecule has 1 atom stereocenters. The first-order valence-electron chi connectivity index (χ1n) is 7.79. The van der Waals surface area contributed by atoms with E-state index in [-0.39, 0.29) is 0 Å². The van der Waals surface area contributed by atoms with Crippen molar-refractivity contribution in [2.24, 2.45) is 23.7 Å². The quantitative estimate of drug-likeness (QED) is 0.717. The van der Waals surface area contributed by atoms with Crippen molar-refractivity contribution < 1.29 is 0 Å². The van der Waals surface area contributed by atoms with Crippen LogP contribution in [0, 0.1) is 23.7 Å². The highest BCUT2D eigenvalue weighted by atomic mass is 15.0. The van der Waals surface area contributed by atoms with Crippen LogP contribution in [0.25, 0.3) is 0 Å². The molecule has 0 radical (unpaired) electrons. The lowest BCUT2D eigenvalue weighted by molar-refractivity contribution is -0.0180. The van der Waals surface area contributed by atoms with Gasteiger partial charge in [-0.25, -0.2) is 0 Å². The largest absolute Gasteiger partial charge is 0.310 e. The maximum Gasteiger partial charge on any atom is 0.0127 e. The van der Waals surface area contributed by atoms with Gasteiger partial charge >= 0.3 is 0 Å². The van der Waals surface area contributed by atoms with Crippen molar-refractivity contribution in [2.75, 3.05) is 0 Å². The Morgan fingerprint density at radius 1 is 0.824 bits per heavy atom. The molecule has 0 saturated heterocycles. The molecular formula is C16H25N. The molecule has 0 spiro atoms. The standard InChI is InChI=1S/C16H25N/c1-2-4-15(5-3-1)17-16-13-7-11-6-12(9-13)10-14(16)8-11/h1-2,11-17H,3-10H2. The average molecular weight is 231 g/mol. The SMILES string of the molecule is C1=CCC(NC2C3CC4CC(C3)CC2C4)CC1.